The van der Waals surface area contributed by atoms with Crippen LogP contribution in [-0.2, 0) is 0 Å². The number of hydrogen-bond acceptors (Lipinski definition) is 3. The summed E-state index contributed by atoms with van der Waals surface area (Å²) in [7, 11) is 0. The van der Waals surface area contributed by atoms with E-state index < -0.39 is 0 Å². The minimum Gasteiger partial charge on any atom is -0.399 e. The lowest BCUT2D eigenvalue weighted by Gasteiger charge is -2.06. The molecule has 0 saturated heterocycles. The van der Waals surface area contributed by atoms with E-state index in [0.29, 0.717) is 11.5 Å². The van der Waals surface area contributed by atoms with E-state index in [4.69, 9.17) is 5.73 Å². The monoisotopic (exact) mass is 165 g/mol. The summed E-state index contributed by atoms with van der Waals surface area (Å²) in [6.07, 6.45) is 3.23. The molecule has 3 N–H and O–H groups in total. The molecule has 0 aromatic carbocycles. The molecule has 0 radical (unpaired) electrons. The normalized spacial score (nSPS) is 12.5. The van der Waals surface area contributed by atoms with Crippen molar-refractivity contribution in [3.63, 3.8) is 0 Å². The van der Waals surface area contributed by atoms with Crippen LogP contribution < -0.4 is 11.1 Å². The maximum atomic E-state index is 5.50. The second-order valence-corrected chi connectivity index (χ2v) is 2.23. The van der Waals surface area contributed by atoms with E-state index in [9.17, 15) is 0 Å². The predicted octanol–water partition coefficient (Wildman–Crippen LogP) is 1.51. The van der Waals surface area contributed by atoms with Gasteiger partial charge < -0.3 is 11.1 Å². The number of nitrogens with one attached hydrogen (secondary N) is 1. The molecule has 3 heteroatoms. The molecule has 0 aliphatic heterocycles. The fourth-order valence-corrected chi connectivity index (χ4v) is 0.620. The number of allylic oxidation sites excluding steroid dienone is 1. The summed E-state index contributed by atoms with van der Waals surface area (Å²) >= 11 is 0. The zero-order chi connectivity index (χ0) is 9.56. The van der Waals surface area contributed by atoms with Gasteiger partial charge in [-0.15, -0.1) is 0 Å². The Hall–Kier alpha value is -1.51. The Morgan fingerprint density at radius 2 is 2.17 bits per heavy atom. The Balaban J connectivity index is 4.78. The van der Waals surface area contributed by atoms with Crippen LogP contribution in [-0.4, -0.2) is 6.21 Å². The van der Waals surface area contributed by atoms with Crippen LogP contribution >= 0.6 is 0 Å². The van der Waals surface area contributed by atoms with Crippen LogP contribution in [0.4, 0.5) is 0 Å². The molecule has 0 bridgehead atoms. The summed E-state index contributed by atoms with van der Waals surface area (Å²) in [5.41, 5.74) is 6.83. The summed E-state index contributed by atoms with van der Waals surface area (Å²) in [5, 5.41) is 2.87. The lowest BCUT2D eigenvalue weighted by Crippen LogP contribution is -2.08. The van der Waals surface area contributed by atoms with Crippen LogP contribution in [0, 0.1) is 0 Å². The lowest BCUT2D eigenvalue weighted by molar-refractivity contribution is 0.993. The van der Waals surface area contributed by atoms with E-state index in [0.717, 1.165) is 5.57 Å². The Morgan fingerprint density at radius 3 is 2.50 bits per heavy atom. The molecule has 0 saturated carbocycles. The molecule has 0 aliphatic carbocycles. The topological polar surface area (TPSA) is 50.4 Å². The lowest BCUT2D eigenvalue weighted by atomic mass is 10.2. The van der Waals surface area contributed by atoms with Gasteiger partial charge in [-0.25, -0.2) is 4.99 Å². The fraction of sp³-hybridized carbons (Fsp3) is 0.222. The van der Waals surface area contributed by atoms with Crippen molar-refractivity contribution in [2.24, 2.45) is 10.7 Å². The number of hydrogen-bond donors (Lipinski definition) is 2. The van der Waals surface area contributed by atoms with Crippen LogP contribution in [0.5, 0.6) is 0 Å². The molecular weight excluding hydrogens is 150 g/mol. The van der Waals surface area contributed by atoms with E-state index in [1.165, 1.54) is 0 Å². The van der Waals surface area contributed by atoms with Gasteiger partial charge in [0.25, 0.3) is 0 Å². The van der Waals surface area contributed by atoms with Gasteiger partial charge in [-0.1, -0.05) is 13.2 Å². The molecule has 0 atom stereocenters. The van der Waals surface area contributed by atoms with Gasteiger partial charge in [0.2, 0.25) is 0 Å². The van der Waals surface area contributed by atoms with Crippen molar-refractivity contribution in [1.82, 2.24) is 5.32 Å². The van der Waals surface area contributed by atoms with Crippen LogP contribution in [0.3, 0.4) is 0 Å². The van der Waals surface area contributed by atoms with Crippen LogP contribution in [0.25, 0.3) is 0 Å². The largest absolute Gasteiger partial charge is 0.399 e. The number of nitrogens with two attached hydrogens (primary N) is 1. The van der Waals surface area contributed by atoms with E-state index in [1.807, 2.05) is 13.8 Å². The standard InChI is InChI=1S/C9H15N3/c1-5-11-9(12-6-2)7(3)8(4)10/h5-6,11H,1,4,10H2,2-3H3/b9-7-,12-6-. The molecule has 0 aliphatic rings. The quantitative estimate of drug-likeness (QED) is 0.490. The third kappa shape index (κ3) is 3.05. The van der Waals surface area contributed by atoms with Gasteiger partial charge in [-0.3, -0.25) is 0 Å². The first-order chi connectivity index (χ1) is 5.63. The van der Waals surface area contributed by atoms with E-state index in [2.05, 4.69) is 23.5 Å². The molecule has 0 aromatic rings. The zero-order valence-electron chi connectivity index (χ0n) is 7.59. The molecule has 0 aromatic heterocycles. The van der Waals surface area contributed by atoms with Gasteiger partial charge in [0, 0.05) is 17.5 Å². The van der Waals surface area contributed by atoms with E-state index >= 15 is 0 Å². The van der Waals surface area contributed by atoms with Crippen LogP contribution in [0.1, 0.15) is 13.8 Å². The van der Waals surface area contributed by atoms with Crippen LogP contribution in [0.15, 0.2) is 41.4 Å². The second-order valence-electron chi connectivity index (χ2n) is 2.23. The maximum Gasteiger partial charge on any atom is 0.134 e. The highest BCUT2D eigenvalue weighted by molar-refractivity contribution is 5.56. The minimum atomic E-state index is 0.505. The first-order valence-corrected chi connectivity index (χ1v) is 3.65. The molecule has 0 rings (SSSR count). The zero-order valence-corrected chi connectivity index (χ0v) is 7.59. The van der Waals surface area contributed by atoms with Crippen LogP contribution in [0.2, 0.25) is 0 Å². The minimum absolute atomic E-state index is 0.505. The van der Waals surface area contributed by atoms with Gasteiger partial charge in [0.1, 0.15) is 5.82 Å². The Bertz CT molecular complexity index is 236. The van der Waals surface area contributed by atoms with Crippen molar-refractivity contribution in [3.8, 4) is 0 Å². The molecule has 12 heavy (non-hydrogen) atoms. The van der Waals surface area contributed by atoms with Crippen molar-refractivity contribution in [3.05, 3.63) is 36.4 Å². The summed E-state index contributed by atoms with van der Waals surface area (Å²) in [6, 6.07) is 0. The molecule has 0 amide bonds. The summed E-state index contributed by atoms with van der Waals surface area (Å²) in [4.78, 5) is 4.07. The summed E-state index contributed by atoms with van der Waals surface area (Å²) in [6.45, 7) is 10.8. The molecule has 0 fully saturated rings. The number of aliphatic imine (C=N–C) groups is 1. The Kier molecular flexibility index (Phi) is 4.53. The first-order valence-electron chi connectivity index (χ1n) is 3.65. The highest BCUT2D eigenvalue weighted by atomic mass is 15.0. The van der Waals surface area contributed by atoms with E-state index in [1.54, 1.807) is 12.4 Å². The molecular formula is C9H15N3. The van der Waals surface area contributed by atoms with Crippen molar-refractivity contribution < 1.29 is 0 Å². The summed E-state index contributed by atoms with van der Waals surface area (Å²) < 4.78 is 0. The van der Waals surface area contributed by atoms with Gasteiger partial charge in [0.15, 0.2) is 0 Å². The third-order valence-corrected chi connectivity index (χ3v) is 1.33. The highest BCUT2D eigenvalue weighted by Gasteiger charge is 1.98. The average molecular weight is 165 g/mol. The molecule has 0 unspecified atom stereocenters. The smallest absolute Gasteiger partial charge is 0.134 e. The average Bonchev–Trinajstić information content (AvgIpc) is 2.03. The first kappa shape index (κ1) is 10.5. The third-order valence-electron chi connectivity index (χ3n) is 1.33. The van der Waals surface area contributed by atoms with Crippen molar-refractivity contribution in [2.75, 3.05) is 0 Å². The van der Waals surface area contributed by atoms with Gasteiger partial charge in [-0.2, -0.15) is 0 Å². The molecule has 3 nitrogen and oxygen atoms in total. The van der Waals surface area contributed by atoms with Gasteiger partial charge in [0.05, 0.1) is 0 Å². The number of rotatable bonds is 4. The maximum absolute atomic E-state index is 5.50. The predicted molar refractivity (Wildman–Crippen MR) is 53.5 cm³/mol. The SMILES string of the molecule is C=CNC(/N=C\C)=C(\C)C(=C)N. The molecule has 0 spiro atoms. The van der Waals surface area contributed by atoms with Crippen molar-refractivity contribution in [2.45, 2.75) is 13.8 Å². The van der Waals surface area contributed by atoms with Crippen molar-refractivity contribution >= 4 is 6.21 Å². The van der Waals surface area contributed by atoms with Gasteiger partial charge in [-0.05, 0) is 20.0 Å². The summed E-state index contributed by atoms with van der Waals surface area (Å²) in [5.74, 6) is 0.681. The molecule has 66 valence electrons. The van der Waals surface area contributed by atoms with Crippen molar-refractivity contribution in [1.29, 1.82) is 0 Å². The highest BCUT2D eigenvalue weighted by Crippen LogP contribution is 2.06. The Morgan fingerprint density at radius 1 is 1.58 bits per heavy atom. The molecule has 0 heterocycles. The second kappa shape index (κ2) is 5.18. The fourth-order valence-electron chi connectivity index (χ4n) is 0.620. The number of nitrogens with zero attached hydrogens (tertiary/aromatic N) is 1. The van der Waals surface area contributed by atoms with E-state index in [-0.39, 0.29) is 0 Å². The Labute approximate surface area is 73.4 Å². The van der Waals surface area contributed by atoms with Gasteiger partial charge >= 0.3 is 0 Å².